The van der Waals surface area contributed by atoms with E-state index >= 15 is 0 Å². The number of rotatable bonds is 0. The third-order valence-electron chi connectivity index (χ3n) is 4.71. The van der Waals surface area contributed by atoms with E-state index in [2.05, 4.69) is 41.2 Å². The van der Waals surface area contributed by atoms with Crippen LogP contribution in [0.2, 0.25) is 0 Å². The highest BCUT2D eigenvalue weighted by atomic mass is 14.6. The molecule has 0 heterocycles. The summed E-state index contributed by atoms with van der Waals surface area (Å²) in [5.41, 5.74) is 2.51. The maximum atomic E-state index is 4.20. The minimum atomic E-state index is 0.470. The van der Waals surface area contributed by atoms with Crippen molar-refractivity contribution in [3.8, 4) is 0 Å². The summed E-state index contributed by atoms with van der Waals surface area (Å²) in [7, 11) is 0. The van der Waals surface area contributed by atoms with Crippen molar-refractivity contribution in [2.75, 3.05) is 0 Å². The lowest BCUT2D eigenvalue weighted by molar-refractivity contribution is 0.179. The summed E-state index contributed by atoms with van der Waals surface area (Å²) in [6.45, 7) is 15.7. The zero-order chi connectivity index (χ0) is 11.0. The van der Waals surface area contributed by atoms with Gasteiger partial charge in [-0.05, 0) is 36.0 Å². The zero-order valence-corrected chi connectivity index (χ0v) is 10.6. The smallest absolute Gasteiger partial charge is 0.00650 e. The van der Waals surface area contributed by atoms with Gasteiger partial charge in [0.05, 0.1) is 0 Å². The Morgan fingerprint density at radius 3 is 1.93 bits per heavy atom. The van der Waals surface area contributed by atoms with Crippen molar-refractivity contribution >= 4 is 0 Å². The van der Waals surface area contributed by atoms with Crippen molar-refractivity contribution in [1.82, 2.24) is 0 Å². The lowest BCUT2D eigenvalue weighted by Gasteiger charge is -2.35. The van der Waals surface area contributed by atoms with Gasteiger partial charge < -0.3 is 0 Å². The molecule has 2 rings (SSSR count). The molecule has 0 heteroatoms. The van der Waals surface area contributed by atoms with Gasteiger partial charge in [0.25, 0.3) is 0 Å². The molecule has 2 aliphatic carbocycles. The Morgan fingerprint density at radius 1 is 1.29 bits per heavy atom. The topological polar surface area (TPSA) is 0 Å². The van der Waals surface area contributed by atoms with Crippen LogP contribution in [0.4, 0.5) is 0 Å². The Hall–Kier alpha value is -0.260. The predicted octanol–water partition coefficient (Wildman–Crippen LogP) is 4.81. The molecule has 0 spiro atoms. The second-order valence-electron chi connectivity index (χ2n) is 5.80. The van der Waals surface area contributed by atoms with Crippen molar-refractivity contribution in [3.63, 3.8) is 0 Å². The van der Waals surface area contributed by atoms with Crippen molar-refractivity contribution in [2.45, 2.75) is 60.3 Å². The summed E-state index contributed by atoms with van der Waals surface area (Å²) in [6.07, 6.45) is 5.36. The van der Waals surface area contributed by atoms with Crippen molar-refractivity contribution < 1.29 is 0 Å². The minimum Gasteiger partial charge on any atom is -0.0993 e. The van der Waals surface area contributed by atoms with Crippen molar-refractivity contribution in [3.05, 3.63) is 12.2 Å². The van der Waals surface area contributed by atoms with Crippen molar-refractivity contribution in [2.24, 2.45) is 16.7 Å². The van der Waals surface area contributed by atoms with Gasteiger partial charge >= 0.3 is 0 Å². The molecule has 0 nitrogen and oxygen atoms in total. The first-order valence-corrected chi connectivity index (χ1v) is 6.08. The Bertz CT molecular complexity index is 224. The molecule has 0 saturated heterocycles. The monoisotopic (exact) mass is 194 g/mol. The summed E-state index contributed by atoms with van der Waals surface area (Å²) in [5.74, 6) is 0.931. The quantitative estimate of drug-likeness (QED) is 0.486. The van der Waals surface area contributed by atoms with Crippen LogP contribution in [0.3, 0.4) is 0 Å². The lowest BCUT2D eigenvalue weighted by Crippen LogP contribution is -2.27. The molecule has 0 aliphatic heterocycles. The van der Waals surface area contributed by atoms with E-state index in [0.29, 0.717) is 10.8 Å². The third kappa shape index (κ3) is 1.43. The molecule has 2 bridgehead atoms. The van der Waals surface area contributed by atoms with E-state index in [1.54, 1.807) is 0 Å². The van der Waals surface area contributed by atoms with Gasteiger partial charge in [-0.3, -0.25) is 0 Å². The molecule has 14 heavy (non-hydrogen) atoms. The zero-order valence-electron chi connectivity index (χ0n) is 10.6. The van der Waals surface area contributed by atoms with E-state index in [0.717, 1.165) is 5.92 Å². The Labute approximate surface area is 89.8 Å². The fraction of sp³-hybridized carbons (Fsp3) is 0.857. The van der Waals surface area contributed by atoms with Gasteiger partial charge in [-0.1, -0.05) is 53.2 Å². The highest BCUT2D eigenvalue weighted by Gasteiger charge is 2.57. The van der Waals surface area contributed by atoms with Gasteiger partial charge in [0.15, 0.2) is 0 Å². The molecule has 0 aromatic heterocycles. The second-order valence-corrected chi connectivity index (χ2v) is 5.80. The lowest BCUT2D eigenvalue weighted by atomic mass is 9.69. The second kappa shape index (κ2) is 3.72. The standard InChI is InChI=1S/C11H18.C3H8/c1-8-7-9-5-6-11(8,4)10(9,2)3;1-3-2/h9H,1,5-7H2,2-4H3;3H2,1-2H3. The average Bonchev–Trinajstić information content (AvgIpc) is 2.38. The largest absolute Gasteiger partial charge is 0.0993 e. The molecular formula is C14H26. The number of allylic oxidation sites excluding steroid dienone is 1. The first kappa shape index (κ1) is 11.8. The summed E-state index contributed by atoms with van der Waals surface area (Å²) in [4.78, 5) is 0. The van der Waals surface area contributed by atoms with Crippen LogP contribution in [0.5, 0.6) is 0 Å². The fourth-order valence-electron chi connectivity index (χ4n) is 3.11. The van der Waals surface area contributed by atoms with Crippen LogP contribution in [-0.4, -0.2) is 0 Å². The summed E-state index contributed by atoms with van der Waals surface area (Å²) < 4.78 is 0. The molecule has 0 aromatic carbocycles. The first-order valence-electron chi connectivity index (χ1n) is 6.08. The van der Waals surface area contributed by atoms with E-state index in [4.69, 9.17) is 0 Å². The normalized spacial score (nSPS) is 38.1. The summed E-state index contributed by atoms with van der Waals surface area (Å²) in [6, 6.07) is 0. The Morgan fingerprint density at radius 2 is 1.79 bits per heavy atom. The number of fused-ring (bicyclic) bond motifs is 2. The highest BCUT2D eigenvalue weighted by molar-refractivity contribution is 5.26. The first-order chi connectivity index (χ1) is 6.40. The van der Waals surface area contributed by atoms with Crippen LogP contribution in [0, 0.1) is 16.7 Å². The van der Waals surface area contributed by atoms with Crippen LogP contribution in [0.15, 0.2) is 12.2 Å². The molecule has 0 aromatic rings. The number of hydrogen-bond acceptors (Lipinski definition) is 0. The summed E-state index contributed by atoms with van der Waals surface area (Å²) in [5, 5.41) is 0. The molecule has 2 fully saturated rings. The highest BCUT2D eigenvalue weighted by Crippen LogP contribution is 2.67. The van der Waals surface area contributed by atoms with Crippen LogP contribution < -0.4 is 0 Å². The van der Waals surface area contributed by atoms with E-state index in [9.17, 15) is 0 Å². The van der Waals surface area contributed by atoms with Crippen LogP contribution >= 0.6 is 0 Å². The summed E-state index contributed by atoms with van der Waals surface area (Å²) >= 11 is 0. The van der Waals surface area contributed by atoms with E-state index in [-0.39, 0.29) is 0 Å². The maximum Gasteiger partial charge on any atom is -0.00650 e. The van der Waals surface area contributed by atoms with E-state index in [1.807, 2.05) is 0 Å². The van der Waals surface area contributed by atoms with Gasteiger partial charge in [0.2, 0.25) is 0 Å². The molecule has 2 unspecified atom stereocenters. The van der Waals surface area contributed by atoms with Crippen LogP contribution in [0.1, 0.15) is 60.3 Å². The molecule has 2 saturated carbocycles. The minimum absolute atomic E-state index is 0.470. The molecule has 0 N–H and O–H groups in total. The van der Waals surface area contributed by atoms with Gasteiger partial charge in [-0.15, -0.1) is 0 Å². The molecule has 2 atom stereocenters. The van der Waals surface area contributed by atoms with Gasteiger partial charge in [-0.25, -0.2) is 0 Å². The maximum absolute atomic E-state index is 4.20. The Balaban J connectivity index is 0.000000293. The SMILES string of the molecule is C=C1CC2CCC1(C)C2(C)C.CCC. The molecule has 0 amide bonds. The molecule has 0 radical (unpaired) electrons. The van der Waals surface area contributed by atoms with Crippen molar-refractivity contribution in [1.29, 1.82) is 0 Å². The van der Waals surface area contributed by atoms with Gasteiger partial charge in [-0.2, -0.15) is 0 Å². The number of hydrogen-bond donors (Lipinski definition) is 0. The van der Waals surface area contributed by atoms with E-state index in [1.165, 1.54) is 31.3 Å². The van der Waals surface area contributed by atoms with Crippen LogP contribution in [0.25, 0.3) is 0 Å². The van der Waals surface area contributed by atoms with Gasteiger partial charge in [0, 0.05) is 0 Å². The fourth-order valence-corrected chi connectivity index (χ4v) is 3.11. The third-order valence-corrected chi connectivity index (χ3v) is 4.71. The molecule has 2 aliphatic rings. The molecular weight excluding hydrogens is 168 g/mol. The van der Waals surface area contributed by atoms with Gasteiger partial charge in [0.1, 0.15) is 0 Å². The Kier molecular flexibility index (Phi) is 3.13. The van der Waals surface area contributed by atoms with E-state index < -0.39 is 0 Å². The predicted molar refractivity (Wildman–Crippen MR) is 64.3 cm³/mol. The molecule has 82 valence electrons. The average molecular weight is 194 g/mol. The van der Waals surface area contributed by atoms with Crippen LogP contribution in [-0.2, 0) is 0 Å².